The van der Waals surface area contributed by atoms with Crippen molar-refractivity contribution in [1.29, 1.82) is 0 Å². The average molecular weight is 274 g/mol. The van der Waals surface area contributed by atoms with E-state index in [0.29, 0.717) is 11.4 Å². The quantitative estimate of drug-likeness (QED) is 0.772. The van der Waals surface area contributed by atoms with Crippen LogP contribution < -0.4 is 4.90 Å². The van der Waals surface area contributed by atoms with Crippen molar-refractivity contribution in [2.24, 2.45) is 0 Å². The minimum absolute atomic E-state index is 0. The molecule has 1 aliphatic rings. The molecule has 2 aromatic rings. The largest absolute Gasteiger partial charge is 0.464 e. The Labute approximate surface area is 117 Å². The zero-order valence-electron chi connectivity index (χ0n) is 9.98. The number of amides is 1. The molecule has 0 radical (unpaired) electrons. The Bertz CT molecular complexity index is 603. The molecule has 3 nitrogen and oxygen atoms in total. The van der Waals surface area contributed by atoms with Crippen LogP contribution >= 0.6 is 12.4 Å². The number of benzene rings is 2. The lowest BCUT2D eigenvalue weighted by Gasteiger charge is -2.21. The van der Waals surface area contributed by atoms with E-state index in [2.05, 4.69) is 0 Å². The third-order valence-corrected chi connectivity index (χ3v) is 2.99. The maximum Gasteiger partial charge on any atom is 0.416 e. The number of rotatable bonds is 0. The van der Waals surface area contributed by atoms with Crippen LogP contribution in [0.1, 0.15) is 11.1 Å². The van der Waals surface area contributed by atoms with Crippen LogP contribution in [0.3, 0.4) is 0 Å². The van der Waals surface area contributed by atoms with Gasteiger partial charge in [0.1, 0.15) is 0 Å². The molecule has 0 atom stereocenters. The van der Waals surface area contributed by atoms with Crippen molar-refractivity contribution in [3.8, 4) is 0 Å². The summed E-state index contributed by atoms with van der Waals surface area (Å²) in [6, 6.07) is 14.9. The molecule has 0 aromatic heterocycles. The zero-order chi connectivity index (χ0) is 12.5. The van der Waals surface area contributed by atoms with Gasteiger partial charge in [-0.1, -0.05) is 48.6 Å². The molecule has 0 spiro atoms. The number of carboxylic acid groups (broad SMARTS) is 1. The fourth-order valence-electron chi connectivity index (χ4n) is 2.18. The monoisotopic (exact) mass is 273 g/mol. The minimum Gasteiger partial charge on any atom is -0.464 e. The molecule has 2 aromatic carbocycles. The third kappa shape index (κ3) is 2.20. The molecule has 19 heavy (non-hydrogen) atoms. The molecule has 0 aliphatic carbocycles. The Kier molecular flexibility index (Phi) is 3.58. The Morgan fingerprint density at radius 2 is 1.26 bits per heavy atom. The molecule has 4 heteroatoms. The highest BCUT2D eigenvalue weighted by Gasteiger charge is 2.22. The summed E-state index contributed by atoms with van der Waals surface area (Å²) in [4.78, 5) is 12.9. The van der Waals surface area contributed by atoms with Gasteiger partial charge < -0.3 is 5.11 Å². The van der Waals surface area contributed by atoms with Crippen molar-refractivity contribution < 1.29 is 9.90 Å². The minimum atomic E-state index is -0.974. The molecule has 3 rings (SSSR count). The van der Waals surface area contributed by atoms with Crippen LogP contribution in [-0.2, 0) is 0 Å². The van der Waals surface area contributed by atoms with Gasteiger partial charge in [0.2, 0.25) is 0 Å². The number of halogens is 1. The summed E-state index contributed by atoms with van der Waals surface area (Å²) in [6.45, 7) is 0. The second kappa shape index (κ2) is 5.16. The molecule has 1 heterocycles. The van der Waals surface area contributed by atoms with Crippen LogP contribution in [0, 0.1) is 0 Å². The van der Waals surface area contributed by atoms with Gasteiger partial charge in [-0.2, -0.15) is 0 Å². The van der Waals surface area contributed by atoms with Crippen molar-refractivity contribution >= 4 is 42.0 Å². The first kappa shape index (κ1) is 13.2. The predicted octanol–water partition coefficient (Wildman–Crippen LogP) is 4.41. The average Bonchev–Trinajstić information content (AvgIpc) is 2.55. The van der Waals surface area contributed by atoms with Crippen molar-refractivity contribution in [3.63, 3.8) is 0 Å². The van der Waals surface area contributed by atoms with E-state index in [9.17, 15) is 9.90 Å². The maximum atomic E-state index is 11.5. The first-order valence-electron chi connectivity index (χ1n) is 5.66. The summed E-state index contributed by atoms with van der Waals surface area (Å²) in [5.74, 6) is 0. The highest BCUT2D eigenvalue weighted by Crippen LogP contribution is 2.35. The van der Waals surface area contributed by atoms with E-state index in [1.54, 1.807) is 0 Å². The van der Waals surface area contributed by atoms with Crippen molar-refractivity contribution in [3.05, 3.63) is 59.7 Å². The molecule has 1 aliphatic heterocycles. The van der Waals surface area contributed by atoms with E-state index in [1.165, 1.54) is 4.90 Å². The number of hydrogen-bond acceptors (Lipinski definition) is 1. The number of nitrogens with zero attached hydrogens (tertiary/aromatic N) is 1. The molecule has 0 saturated carbocycles. The highest BCUT2D eigenvalue weighted by molar-refractivity contribution is 6.02. The van der Waals surface area contributed by atoms with Crippen LogP contribution in [0.25, 0.3) is 12.2 Å². The Balaban J connectivity index is 0.00000133. The second-order valence-corrected chi connectivity index (χ2v) is 4.07. The summed E-state index contributed by atoms with van der Waals surface area (Å²) in [5.41, 5.74) is 3.17. The standard InChI is InChI=1S/C15H11NO2.ClH/c17-15(18)16-13-7-3-1-5-11(13)9-10-12-6-2-4-8-14(12)16;/h1-10H,(H,17,18);1H. The molecule has 0 unspecified atom stereocenters. The topological polar surface area (TPSA) is 40.5 Å². The SMILES string of the molecule is Cl.O=C(O)N1c2ccccc2C=Cc2ccccc21. The van der Waals surface area contributed by atoms with Crippen molar-refractivity contribution in [2.75, 3.05) is 4.90 Å². The molecule has 0 fully saturated rings. The lowest BCUT2D eigenvalue weighted by molar-refractivity contribution is 0.205. The zero-order valence-corrected chi connectivity index (χ0v) is 10.8. The summed E-state index contributed by atoms with van der Waals surface area (Å²) >= 11 is 0. The normalized spacial score (nSPS) is 11.9. The van der Waals surface area contributed by atoms with E-state index < -0.39 is 6.09 Å². The first-order valence-corrected chi connectivity index (χ1v) is 5.66. The van der Waals surface area contributed by atoms with Crippen LogP contribution in [-0.4, -0.2) is 11.2 Å². The van der Waals surface area contributed by atoms with Gasteiger partial charge in [0.25, 0.3) is 0 Å². The van der Waals surface area contributed by atoms with Gasteiger partial charge in [-0.3, -0.25) is 0 Å². The molecular formula is C15H12ClNO2. The molecule has 1 N–H and O–H groups in total. The van der Waals surface area contributed by atoms with E-state index in [1.807, 2.05) is 60.7 Å². The molecular weight excluding hydrogens is 262 g/mol. The predicted molar refractivity (Wildman–Crippen MR) is 79.2 cm³/mol. The highest BCUT2D eigenvalue weighted by atomic mass is 35.5. The summed E-state index contributed by atoms with van der Waals surface area (Å²) in [5, 5.41) is 9.45. The number of anilines is 2. The molecule has 1 amide bonds. The molecule has 0 bridgehead atoms. The number of fused-ring (bicyclic) bond motifs is 2. The summed E-state index contributed by atoms with van der Waals surface area (Å²) < 4.78 is 0. The van der Waals surface area contributed by atoms with Crippen LogP contribution in [0.5, 0.6) is 0 Å². The number of hydrogen-bond donors (Lipinski definition) is 1. The van der Waals surface area contributed by atoms with Crippen LogP contribution in [0.15, 0.2) is 48.5 Å². The van der Waals surface area contributed by atoms with Gasteiger partial charge in [0, 0.05) is 0 Å². The Hall–Kier alpha value is -2.26. The Morgan fingerprint density at radius 3 is 1.68 bits per heavy atom. The van der Waals surface area contributed by atoms with Gasteiger partial charge in [0.05, 0.1) is 11.4 Å². The maximum absolute atomic E-state index is 11.5. The van der Waals surface area contributed by atoms with Crippen molar-refractivity contribution in [2.45, 2.75) is 0 Å². The van der Waals surface area contributed by atoms with Gasteiger partial charge in [-0.25, -0.2) is 9.69 Å². The van der Waals surface area contributed by atoms with Gasteiger partial charge in [0.15, 0.2) is 0 Å². The summed E-state index contributed by atoms with van der Waals surface area (Å²) in [6.07, 6.45) is 2.91. The second-order valence-electron chi connectivity index (χ2n) is 4.07. The Morgan fingerprint density at radius 1 is 0.842 bits per heavy atom. The van der Waals surface area contributed by atoms with E-state index in [0.717, 1.165) is 11.1 Å². The number of carbonyl (C=O) groups is 1. The smallest absolute Gasteiger partial charge is 0.416 e. The fourth-order valence-corrected chi connectivity index (χ4v) is 2.18. The molecule has 96 valence electrons. The van der Waals surface area contributed by atoms with E-state index in [-0.39, 0.29) is 12.4 Å². The third-order valence-electron chi connectivity index (χ3n) is 2.99. The van der Waals surface area contributed by atoms with E-state index in [4.69, 9.17) is 0 Å². The molecule has 0 saturated heterocycles. The van der Waals surface area contributed by atoms with Crippen molar-refractivity contribution in [1.82, 2.24) is 0 Å². The fraction of sp³-hybridized carbons (Fsp3) is 0. The van der Waals surface area contributed by atoms with Gasteiger partial charge in [-0.15, -0.1) is 12.4 Å². The van der Waals surface area contributed by atoms with Gasteiger partial charge >= 0.3 is 6.09 Å². The van der Waals surface area contributed by atoms with E-state index >= 15 is 0 Å². The lowest BCUT2D eigenvalue weighted by atomic mass is 10.1. The van der Waals surface area contributed by atoms with Gasteiger partial charge in [-0.05, 0) is 23.3 Å². The van der Waals surface area contributed by atoms with Crippen LogP contribution in [0.2, 0.25) is 0 Å². The van der Waals surface area contributed by atoms with Crippen LogP contribution in [0.4, 0.5) is 16.2 Å². The summed E-state index contributed by atoms with van der Waals surface area (Å²) in [7, 11) is 0. The lowest BCUT2D eigenvalue weighted by Crippen LogP contribution is -2.24. The first-order chi connectivity index (χ1) is 8.77. The number of para-hydroxylation sites is 2.